The van der Waals surface area contributed by atoms with E-state index in [2.05, 4.69) is 5.32 Å². The van der Waals surface area contributed by atoms with E-state index in [1.165, 1.54) is 0 Å². The van der Waals surface area contributed by atoms with E-state index in [-0.39, 0.29) is 11.8 Å². The average molecular weight is 341 g/mol. The van der Waals surface area contributed by atoms with E-state index in [0.29, 0.717) is 10.0 Å². The van der Waals surface area contributed by atoms with Gasteiger partial charge in [-0.05, 0) is 62.4 Å². The van der Waals surface area contributed by atoms with Crippen LogP contribution in [0.25, 0.3) is 0 Å². The van der Waals surface area contributed by atoms with Crippen molar-refractivity contribution in [3.8, 4) is 0 Å². The van der Waals surface area contributed by atoms with Crippen LogP contribution < -0.4 is 5.32 Å². The van der Waals surface area contributed by atoms with Gasteiger partial charge in [0.05, 0.1) is 16.0 Å². The molecular weight excluding hydrogens is 319 g/mol. The van der Waals surface area contributed by atoms with Gasteiger partial charge in [-0.25, -0.2) is 0 Å². The van der Waals surface area contributed by atoms with E-state index in [1.54, 1.807) is 6.07 Å². The van der Waals surface area contributed by atoms with Gasteiger partial charge >= 0.3 is 0 Å². The van der Waals surface area contributed by atoms with Crippen LogP contribution in [0.15, 0.2) is 18.2 Å². The lowest BCUT2D eigenvalue weighted by atomic mass is 9.92. The standard InChI is InChI=1S/C17H22Cl2N2O/c1-11(12-2-3-15(18)16(19)8-12)17(22)21-6-4-13-9-20-10-14(13)5-7-21/h2-3,8,11,13-14,20H,4-7,9-10H2,1H3/t11?,13-,14+. The number of nitrogens with zero attached hydrogens (tertiary/aromatic N) is 1. The SMILES string of the molecule is CC(C(=O)N1CC[C@@H]2CNC[C@@H]2CC1)c1ccc(Cl)c(Cl)c1. The Labute approximate surface area is 142 Å². The number of amides is 1. The van der Waals surface area contributed by atoms with Crippen LogP contribution in [0.3, 0.4) is 0 Å². The van der Waals surface area contributed by atoms with Crippen molar-refractivity contribution in [2.45, 2.75) is 25.7 Å². The molecule has 0 aliphatic carbocycles. The predicted octanol–water partition coefficient (Wildman–Crippen LogP) is 3.55. The van der Waals surface area contributed by atoms with Crippen LogP contribution in [-0.2, 0) is 4.79 Å². The minimum atomic E-state index is -0.175. The number of nitrogens with one attached hydrogen (secondary N) is 1. The van der Waals surface area contributed by atoms with Crippen LogP contribution in [0.4, 0.5) is 0 Å². The maximum Gasteiger partial charge on any atom is 0.229 e. The largest absolute Gasteiger partial charge is 0.342 e. The first kappa shape index (κ1) is 16.1. The number of carbonyl (C=O) groups excluding carboxylic acids is 1. The van der Waals surface area contributed by atoms with Gasteiger partial charge < -0.3 is 10.2 Å². The number of carbonyl (C=O) groups is 1. The summed E-state index contributed by atoms with van der Waals surface area (Å²) >= 11 is 12.0. The molecule has 2 aliphatic heterocycles. The van der Waals surface area contributed by atoms with Crippen LogP contribution in [-0.4, -0.2) is 37.0 Å². The van der Waals surface area contributed by atoms with Crippen molar-refractivity contribution >= 4 is 29.1 Å². The van der Waals surface area contributed by atoms with Crippen LogP contribution in [0.2, 0.25) is 10.0 Å². The highest BCUT2D eigenvalue weighted by molar-refractivity contribution is 6.42. The van der Waals surface area contributed by atoms with E-state index in [0.717, 1.165) is 56.4 Å². The molecule has 1 amide bonds. The first-order valence-electron chi connectivity index (χ1n) is 8.00. The fraction of sp³-hybridized carbons (Fsp3) is 0.588. The molecule has 0 aromatic heterocycles. The lowest BCUT2D eigenvalue weighted by molar-refractivity contribution is -0.132. The van der Waals surface area contributed by atoms with Crippen molar-refractivity contribution in [2.24, 2.45) is 11.8 Å². The molecule has 5 heteroatoms. The highest BCUT2D eigenvalue weighted by atomic mass is 35.5. The lowest BCUT2D eigenvalue weighted by Crippen LogP contribution is -2.35. The Bertz CT molecular complexity index is 550. The molecule has 1 N–H and O–H groups in total. The summed E-state index contributed by atoms with van der Waals surface area (Å²) in [6.07, 6.45) is 2.22. The van der Waals surface area contributed by atoms with Crippen LogP contribution >= 0.6 is 23.2 Å². The van der Waals surface area contributed by atoms with Crippen molar-refractivity contribution < 1.29 is 4.79 Å². The number of benzene rings is 1. The molecular formula is C17H22Cl2N2O. The predicted molar refractivity (Wildman–Crippen MR) is 90.5 cm³/mol. The Kier molecular flexibility index (Phi) is 4.96. The van der Waals surface area contributed by atoms with Gasteiger partial charge in [0.1, 0.15) is 0 Å². The van der Waals surface area contributed by atoms with Gasteiger partial charge in [0.15, 0.2) is 0 Å². The summed E-state index contributed by atoms with van der Waals surface area (Å²) in [6.45, 7) is 5.90. The first-order chi connectivity index (χ1) is 10.6. The molecule has 2 aliphatic rings. The zero-order valence-corrected chi connectivity index (χ0v) is 14.3. The number of likely N-dealkylation sites (tertiary alicyclic amines) is 1. The Morgan fingerprint density at radius 2 is 1.82 bits per heavy atom. The smallest absolute Gasteiger partial charge is 0.229 e. The Morgan fingerprint density at radius 3 is 2.41 bits per heavy atom. The average Bonchev–Trinajstić information content (AvgIpc) is 2.87. The van der Waals surface area contributed by atoms with Gasteiger partial charge in [0.25, 0.3) is 0 Å². The van der Waals surface area contributed by atoms with E-state index in [4.69, 9.17) is 23.2 Å². The molecule has 2 heterocycles. The van der Waals surface area contributed by atoms with Crippen LogP contribution in [0.1, 0.15) is 31.2 Å². The molecule has 0 radical (unpaired) electrons. The normalized spacial score (nSPS) is 26.4. The molecule has 0 saturated carbocycles. The highest BCUT2D eigenvalue weighted by Crippen LogP contribution is 2.30. The van der Waals surface area contributed by atoms with Gasteiger partial charge in [-0.2, -0.15) is 0 Å². The number of hydrogen-bond acceptors (Lipinski definition) is 2. The molecule has 1 aromatic rings. The van der Waals surface area contributed by atoms with Gasteiger partial charge in [0, 0.05) is 13.1 Å². The molecule has 3 nitrogen and oxygen atoms in total. The second-order valence-corrected chi connectivity index (χ2v) is 7.29. The molecule has 120 valence electrons. The quantitative estimate of drug-likeness (QED) is 0.892. The number of fused-ring (bicyclic) bond motifs is 1. The minimum Gasteiger partial charge on any atom is -0.342 e. The summed E-state index contributed by atoms with van der Waals surface area (Å²) in [6, 6.07) is 5.47. The number of rotatable bonds is 2. The van der Waals surface area contributed by atoms with Crippen LogP contribution in [0.5, 0.6) is 0 Å². The molecule has 0 spiro atoms. The van der Waals surface area contributed by atoms with Crippen molar-refractivity contribution in [1.29, 1.82) is 0 Å². The van der Waals surface area contributed by atoms with Crippen LogP contribution in [0, 0.1) is 11.8 Å². The monoisotopic (exact) mass is 340 g/mol. The first-order valence-corrected chi connectivity index (χ1v) is 8.76. The molecule has 1 unspecified atom stereocenters. The zero-order chi connectivity index (χ0) is 15.7. The molecule has 2 saturated heterocycles. The summed E-state index contributed by atoms with van der Waals surface area (Å²) < 4.78 is 0. The fourth-order valence-corrected chi connectivity index (χ4v) is 3.94. The summed E-state index contributed by atoms with van der Waals surface area (Å²) in [5, 5.41) is 4.50. The van der Waals surface area contributed by atoms with E-state index in [1.807, 2.05) is 24.0 Å². The van der Waals surface area contributed by atoms with E-state index in [9.17, 15) is 4.79 Å². The van der Waals surface area contributed by atoms with Gasteiger partial charge in [0.2, 0.25) is 5.91 Å². The molecule has 3 rings (SSSR count). The lowest BCUT2D eigenvalue weighted by Gasteiger charge is -2.25. The van der Waals surface area contributed by atoms with Gasteiger partial charge in [-0.15, -0.1) is 0 Å². The maximum absolute atomic E-state index is 12.8. The topological polar surface area (TPSA) is 32.3 Å². The van der Waals surface area contributed by atoms with Gasteiger partial charge in [-0.1, -0.05) is 29.3 Å². The highest BCUT2D eigenvalue weighted by Gasteiger charge is 2.32. The third-order valence-corrected chi connectivity index (χ3v) is 5.88. The summed E-state index contributed by atoms with van der Waals surface area (Å²) in [5.41, 5.74) is 0.936. The van der Waals surface area contributed by atoms with Crippen molar-refractivity contribution in [3.63, 3.8) is 0 Å². The van der Waals surface area contributed by atoms with Gasteiger partial charge in [-0.3, -0.25) is 4.79 Å². The Morgan fingerprint density at radius 1 is 1.18 bits per heavy atom. The van der Waals surface area contributed by atoms with E-state index < -0.39 is 0 Å². The van der Waals surface area contributed by atoms with E-state index >= 15 is 0 Å². The zero-order valence-electron chi connectivity index (χ0n) is 12.8. The molecule has 2 fully saturated rings. The minimum absolute atomic E-state index is 0.175. The van der Waals surface area contributed by atoms with Crippen molar-refractivity contribution in [3.05, 3.63) is 33.8 Å². The fourth-order valence-electron chi connectivity index (χ4n) is 3.64. The molecule has 22 heavy (non-hydrogen) atoms. The molecule has 3 atom stereocenters. The summed E-state index contributed by atoms with van der Waals surface area (Å²) in [4.78, 5) is 14.8. The van der Waals surface area contributed by atoms with Crippen molar-refractivity contribution in [2.75, 3.05) is 26.2 Å². The number of halogens is 2. The summed E-state index contributed by atoms with van der Waals surface area (Å²) in [7, 11) is 0. The summed E-state index contributed by atoms with van der Waals surface area (Å²) in [5.74, 6) is 1.49. The third kappa shape index (κ3) is 3.27. The Hall–Kier alpha value is -0.770. The third-order valence-electron chi connectivity index (χ3n) is 5.15. The second-order valence-electron chi connectivity index (χ2n) is 6.48. The molecule has 1 aromatic carbocycles. The maximum atomic E-state index is 12.8. The second kappa shape index (κ2) is 6.77. The molecule has 0 bridgehead atoms. The number of hydrogen-bond donors (Lipinski definition) is 1. The van der Waals surface area contributed by atoms with Crippen molar-refractivity contribution in [1.82, 2.24) is 10.2 Å². The Balaban J connectivity index is 1.68.